The van der Waals surface area contributed by atoms with E-state index in [1.807, 2.05) is 0 Å². The number of fused-ring (bicyclic) bond motifs is 7. The van der Waals surface area contributed by atoms with Crippen LogP contribution in [0.1, 0.15) is 201 Å². The molecule has 0 saturated heterocycles. The van der Waals surface area contributed by atoms with Crippen LogP contribution in [0.4, 0.5) is 34.1 Å². The molecule has 0 spiro atoms. The zero-order chi connectivity index (χ0) is 47.5. The summed E-state index contributed by atoms with van der Waals surface area (Å²) in [6, 6.07) is 27.3. The van der Waals surface area contributed by atoms with Gasteiger partial charge in [0.25, 0.3) is 6.71 Å². The standard InChI is InChI=1S/C62H77BN2O/c1-56(2,3)39-23-26-42(27-24-39)64-48-37-45-44(59(10,11)29-30-60(45,12)13)36-46(48)63-52-49(64)34-41(58(7,8)9)35-50(52)65(53-51-54(66-55(53)63)62(16,17)32-31-61(51,14)15)47-28-25-40(57(4,5)6)33-43(47)38-21-19-18-20-22-38/h19,21-28,33-37H,18,20,29-32H2,1-17H3. The molecule has 0 radical (unpaired) electrons. The van der Waals surface area contributed by atoms with Crippen molar-refractivity contribution < 1.29 is 4.42 Å². The quantitative estimate of drug-likeness (QED) is 0.165. The first-order valence-electron chi connectivity index (χ1n) is 25.4. The van der Waals surface area contributed by atoms with E-state index in [1.165, 1.54) is 108 Å². The molecule has 5 aromatic rings. The van der Waals surface area contributed by atoms with E-state index >= 15 is 0 Å². The minimum Gasteiger partial charge on any atom is -0.472 e. The summed E-state index contributed by atoms with van der Waals surface area (Å²) in [6.45, 7) is 40.8. The molecule has 0 bridgehead atoms. The summed E-state index contributed by atoms with van der Waals surface area (Å²) in [7, 11) is 0. The van der Waals surface area contributed by atoms with Crippen LogP contribution in [-0.4, -0.2) is 6.71 Å². The SMILES string of the molecule is CC(C)(C)c1ccc(N2c3cc4c(cc3B3c5oc6c(c5N(c5ccc(C(C)(C)C)cc5C5=CCCC=C5)c5cc(C(C)(C)C)cc2c53)C(C)(C)CCC6(C)C)C(C)(C)CCC4(C)C)cc1. The van der Waals surface area contributed by atoms with Gasteiger partial charge in [-0.1, -0.05) is 160 Å². The molecule has 0 atom stereocenters. The van der Waals surface area contributed by atoms with Crippen LogP contribution < -0.4 is 26.4 Å². The summed E-state index contributed by atoms with van der Waals surface area (Å²) in [5, 5.41) is 0. The van der Waals surface area contributed by atoms with E-state index in [9.17, 15) is 0 Å². The molecule has 3 nitrogen and oxygen atoms in total. The molecule has 4 heteroatoms. The minimum atomic E-state index is -0.123. The summed E-state index contributed by atoms with van der Waals surface area (Å²) in [5.74, 6) is 1.17. The fraction of sp³-hybridized carbons (Fsp3) is 0.484. The Morgan fingerprint density at radius 2 is 1.09 bits per heavy atom. The Bertz CT molecular complexity index is 2870. The number of furan rings is 1. The lowest BCUT2D eigenvalue weighted by Crippen LogP contribution is -2.61. The molecule has 3 heterocycles. The van der Waals surface area contributed by atoms with Gasteiger partial charge in [-0.15, -0.1) is 0 Å². The van der Waals surface area contributed by atoms with Crippen LogP contribution in [0.5, 0.6) is 0 Å². The molecule has 5 aliphatic rings. The first-order valence-corrected chi connectivity index (χ1v) is 25.4. The number of rotatable bonds is 3. The topological polar surface area (TPSA) is 19.6 Å². The zero-order valence-corrected chi connectivity index (χ0v) is 43.7. The minimum absolute atomic E-state index is 0.00918. The number of anilines is 6. The molecule has 0 unspecified atom stereocenters. The van der Waals surface area contributed by atoms with Crippen LogP contribution in [0.25, 0.3) is 5.57 Å². The van der Waals surface area contributed by atoms with Crippen LogP contribution in [0.15, 0.2) is 89.4 Å². The monoisotopic (exact) mass is 877 g/mol. The van der Waals surface area contributed by atoms with E-state index in [0.717, 1.165) is 31.3 Å². The lowest BCUT2D eigenvalue weighted by molar-refractivity contribution is 0.282. The van der Waals surface area contributed by atoms with Crippen molar-refractivity contribution in [2.45, 2.75) is 194 Å². The van der Waals surface area contributed by atoms with Crippen LogP contribution >= 0.6 is 0 Å². The number of allylic oxidation sites excluding steroid dienone is 4. The molecule has 0 saturated carbocycles. The number of benzene rings is 4. The second-order valence-electron chi connectivity index (χ2n) is 26.7. The number of hydrogen-bond acceptors (Lipinski definition) is 3. The Labute approximate surface area is 399 Å². The van der Waals surface area contributed by atoms with Crippen LogP contribution in [0, 0.1) is 0 Å². The van der Waals surface area contributed by atoms with Crippen LogP contribution in [-0.2, 0) is 37.9 Å². The fourth-order valence-corrected chi connectivity index (χ4v) is 12.2. The highest BCUT2D eigenvalue weighted by Crippen LogP contribution is 2.57. The molecule has 0 fully saturated rings. The van der Waals surface area contributed by atoms with Crippen LogP contribution in [0.3, 0.4) is 0 Å². The molecule has 4 aromatic carbocycles. The molecule has 10 rings (SSSR count). The molecular weight excluding hydrogens is 800 g/mol. The zero-order valence-electron chi connectivity index (χ0n) is 43.7. The van der Waals surface area contributed by atoms with Crippen molar-refractivity contribution in [1.29, 1.82) is 0 Å². The average Bonchev–Trinajstić information content (AvgIpc) is 3.66. The summed E-state index contributed by atoms with van der Waals surface area (Å²) in [4.78, 5) is 5.37. The molecule has 0 N–H and O–H groups in total. The predicted molar refractivity (Wildman–Crippen MR) is 286 cm³/mol. The normalized spacial score (nSPS) is 20.0. The molecule has 66 heavy (non-hydrogen) atoms. The van der Waals surface area contributed by atoms with E-state index < -0.39 is 0 Å². The van der Waals surface area contributed by atoms with Gasteiger partial charge >= 0.3 is 0 Å². The molecule has 344 valence electrons. The van der Waals surface area contributed by atoms with Gasteiger partial charge in [-0.2, -0.15) is 0 Å². The fourth-order valence-electron chi connectivity index (χ4n) is 12.2. The van der Waals surface area contributed by atoms with E-state index in [0.29, 0.717) is 0 Å². The van der Waals surface area contributed by atoms with E-state index in [4.69, 9.17) is 4.42 Å². The Morgan fingerprint density at radius 3 is 1.68 bits per heavy atom. The van der Waals surface area contributed by atoms with Gasteiger partial charge in [0.05, 0.1) is 17.0 Å². The Hall–Kier alpha value is -4.70. The Morgan fingerprint density at radius 1 is 0.530 bits per heavy atom. The van der Waals surface area contributed by atoms with Gasteiger partial charge in [-0.05, 0) is 158 Å². The average molecular weight is 877 g/mol. The molecule has 2 aliphatic heterocycles. The van der Waals surface area contributed by atoms with Gasteiger partial charge in [-0.25, -0.2) is 0 Å². The van der Waals surface area contributed by atoms with Gasteiger partial charge in [0, 0.05) is 39.3 Å². The smallest absolute Gasteiger partial charge is 0.297 e. The van der Waals surface area contributed by atoms with Crippen molar-refractivity contribution in [3.8, 4) is 0 Å². The van der Waals surface area contributed by atoms with Crippen molar-refractivity contribution in [2.75, 3.05) is 9.80 Å². The first-order chi connectivity index (χ1) is 30.6. The largest absolute Gasteiger partial charge is 0.472 e. The van der Waals surface area contributed by atoms with Crippen molar-refractivity contribution in [2.24, 2.45) is 0 Å². The van der Waals surface area contributed by atoms with E-state index in [2.05, 4.69) is 212 Å². The maximum atomic E-state index is 7.84. The third-order valence-corrected chi connectivity index (χ3v) is 16.8. The number of hydrogen-bond donors (Lipinski definition) is 0. The number of nitrogens with zero attached hydrogens (tertiary/aromatic N) is 2. The van der Waals surface area contributed by atoms with Crippen LogP contribution in [0.2, 0.25) is 0 Å². The lowest BCUT2D eigenvalue weighted by Gasteiger charge is -2.47. The van der Waals surface area contributed by atoms with Gasteiger partial charge in [0.1, 0.15) is 5.76 Å². The summed E-state index contributed by atoms with van der Waals surface area (Å²) < 4.78 is 7.84. The highest BCUT2D eigenvalue weighted by atomic mass is 16.3. The van der Waals surface area contributed by atoms with Crippen molar-refractivity contribution in [3.05, 3.63) is 130 Å². The molecule has 3 aliphatic carbocycles. The lowest BCUT2D eigenvalue weighted by atomic mass is 9.34. The summed E-state index contributed by atoms with van der Waals surface area (Å²) in [5.41, 5.74) is 22.2. The van der Waals surface area contributed by atoms with Gasteiger partial charge in [0.2, 0.25) is 0 Å². The Kier molecular flexibility index (Phi) is 9.85. The highest BCUT2D eigenvalue weighted by molar-refractivity contribution is 6.99. The molecule has 0 amide bonds. The van der Waals surface area contributed by atoms with Crippen molar-refractivity contribution in [1.82, 2.24) is 0 Å². The van der Waals surface area contributed by atoms with Gasteiger partial charge in [-0.3, -0.25) is 0 Å². The highest BCUT2D eigenvalue weighted by Gasteiger charge is 2.54. The van der Waals surface area contributed by atoms with Crippen molar-refractivity contribution in [3.63, 3.8) is 0 Å². The third kappa shape index (κ3) is 6.95. The second-order valence-corrected chi connectivity index (χ2v) is 26.7. The third-order valence-electron chi connectivity index (χ3n) is 16.8. The Balaban J connectivity index is 1.39. The maximum Gasteiger partial charge on any atom is 0.297 e. The van der Waals surface area contributed by atoms with E-state index in [1.54, 1.807) is 0 Å². The van der Waals surface area contributed by atoms with Gasteiger partial charge in [0.15, 0.2) is 0 Å². The first kappa shape index (κ1) is 45.1. The maximum absolute atomic E-state index is 7.84. The van der Waals surface area contributed by atoms with Crippen molar-refractivity contribution >= 4 is 63.0 Å². The molecule has 1 aromatic heterocycles. The predicted octanol–water partition coefficient (Wildman–Crippen LogP) is 15.7. The molecular formula is C62H77BN2O. The summed E-state index contributed by atoms with van der Waals surface area (Å²) >= 11 is 0. The van der Waals surface area contributed by atoms with Gasteiger partial charge < -0.3 is 14.2 Å². The summed E-state index contributed by atoms with van der Waals surface area (Å²) in [6.07, 6.45) is 13.9. The van der Waals surface area contributed by atoms with E-state index in [-0.39, 0.29) is 44.6 Å². The second kappa shape index (κ2) is 14.4.